The molecule has 0 bridgehead atoms. The Bertz CT molecular complexity index is 864. The number of methoxy groups -OCH3 is 2. The average Bonchev–Trinajstić information content (AvgIpc) is 2.70. The quantitative estimate of drug-likeness (QED) is 0.648. The van der Waals surface area contributed by atoms with Crippen molar-refractivity contribution in [3.63, 3.8) is 0 Å². The third-order valence-electron chi connectivity index (χ3n) is 4.09. The Morgan fingerprint density at radius 3 is 2.36 bits per heavy atom. The first-order chi connectivity index (χ1) is 13.4. The van der Waals surface area contributed by atoms with E-state index in [4.69, 9.17) is 9.47 Å². The zero-order valence-corrected chi connectivity index (χ0v) is 16.2. The Balaban J connectivity index is 1.80. The Morgan fingerprint density at radius 1 is 0.929 bits per heavy atom. The van der Waals surface area contributed by atoms with Gasteiger partial charge in [-0.1, -0.05) is 18.2 Å². The largest absolute Gasteiger partial charge is 0.493 e. The lowest BCUT2D eigenvalue weighted by Gasteiger charge is -2.10. The predicted molar refractivity (Wildman–Crippen MR) is 106 cm³/mol. The summed E-state index contributed by atoms with van der Waals surface area (Å²) in [5, 5.41) is 5.25. The van der Waals surface area contributed by atoms with E-state index in [9.17, 15) is 14.4 Å². The van der Waals surface area contributed by atoms with Gasteiger partial charge in [-0.25, -0.2) is 0 Å². The minimum absolute atomic E-state index is 0.0837. The standard InChI is InChI=1S/C21H24N2O5/c1-14(24)16-5-4-6-17(12-16)23-21(26)13-22-20(25)10-8-15-7-9-18(27-2)19(11-15)28-3/h4-7,9,11-12H,8,10,13H2,1-3H3,(H,22,25)(H,23,26). The van der Waals surface area contributed by atoms with Crippen molar-refractivity contribution in [2.24, 2.45) is 0 Å². The molecule has 0 heterocycles. The first-order valence-electron chi connectivity index (χ1n) is 8.81. The van der Waals surface area contributed by atoms with Gasteiger partial charge in [-0.2, -0.15) is 0 Å². The molecule has 7 heteroatoms. The van der Waals surface area contributed by atoms with E-state index in [2.05, 4.69) is 10.6 Å². The molecule has 7 nitrogen and oxygen atoms in total. The molecule has 0 saturated heterocycles. The molecule has 0 radical (unpaired) electrons. The van der Waals surface area contributed by atoms with Crippen molar-refractivity contribution in [2.75, 3.05) is 26.1 Å². The molecule has 0 unspecified atom stereocenters. The van der Waals surface area contributed by atoms with E-state index in [-0.39, 0.29) is 30.6 Å². The van der Waals surface area contributed by atoms with Crippen molar-refractivity contribution in [1.82, 2.24) is 5.32 Å². The van der Waals surface area contributed by atoms with Crippen LogP contribution in [0.25, 0.3) is 0 Å². The minimum Gasteiger partial charge on any atom is -0.493 e. The molecule has 2 amide bonds. The van der Waals surface area contributed by atoms with Crippen LogP contribution in [0.15, 0.2) is 42.5 Å². The molecule has 0 saturated carbocycles. The van der Waals surface area contributed by atoms with Gasteiger partial charge in [0.15, 0.2) is 17.3 Å². The molecular weight excluding hydrogens is 360 g/mol. The summed E-state index contributed by atoms with van der Waals surface area (Å²) in [6, 6.07) is 12.1. The van der Waals surface area contributed by atoms with Crippen molar-refractivity contribution in [3.05, 3.63) is 53.6 Å². The summed E-state index contributed by atoms with van der Waals surface area (Å²) in [5.41, 5.74) is 1.95. The zero-order valence-electron chi connectivity index (χ0n) is 16.2. The number of rotatable bonds is 9. The van der Waals surface area contributed by atoms with Crippen molar-refractivity contribution < 1.29 is 23.9 Å². The molecule has 0 aliphatic rings. The van der Waals surface area contributed by atoms with E-state index in [1.165, 1.54) is 6.92 Å². The summed E-state index contributed by atoms with van der Waals surface area (Å²) in [6.45, 7) is 1.31. The van der Waals surface area contributed by atoms with E-state index in [1.807, 2.05) is 12.1 Å². The van der Waals surface area contributed by atoms with Gasteiger partial charge in [-0.15, -0.1) is 0 Å². The van der Waals surface area contributed by atoms with Gasteiger partial charge < -0.3 is 20.1 Å². The van der Waals surface area contributed by atoms with Crippen LogP contribution < -0.4 is 20.1 Å². The van der Waals surface area contributed by atoms with Gasteiger partial charge in [-0.3, -0.25) is 14.4 Å². The number of carbonyl (C=O) groups excluding carboxylic acids is 3. The second-order valence-corrected chi connectivity index (χ2v) is 6.15. The Kier molecular flexibility index (Phi) is 7.56. The number of Topliss-reactive ketones (excluding diaryl/α,β-unsaturated/α-hetero) is 1. The van der Waals surface area contributed by atoms with Gasteiger partial charge in [0.1, 0.15) is 0 Å². The third kappa shape index (κ3) is 6.12. The minimum atomic E-state index is -0.361. The molecular formula is C21H24N2O5. The Morgan fingerprint density at radius 2 is 1.68 bits per heavy atom. The van der Waals surface area contributed by atoms with Gasteiger partial charge >= 0.3 is 0 Å². The van der Waals surface area contributed by atoms with E-state index in [0.29, 0.717) is 29.2 Å². The fraction of sp³-hybridized carbons (Fsp3) is 0.286. The number of ketones is 1. The first-order valence-corrected chi connectivity index (χ1v) is 8.81. The van der Waals surface area contributed by atoms with E-state index in [0.717, 1.165) is 5.56 Å². The average molecular weight is 384 g/mol. The van der Waals surface area contributed by atoms with E-state index < -0.39 is 0 Å². The normalized spacial score (nSPS) is 10.1. The highest BCUT2D eigenvalue weighted by molar-refractivity contribution is 5.98. The summed E-state index contributed by atoms with van der Waals surface area (Å²) < 4.78 is 10.4. The number of hydrogen-bond acceptors (Lipinski definition) is 5. The zero-order chi connectivity index (χ0) is 20.5. The number of hydrogen-bond donors (Lipinski definition) is 2. The Hall–Kier alpha value is -3.35. The van der Waals surface area contributed by atoms with Crippen molar-refractivity contribution in [3.8, 4) is 11.5 Å². The van der Waals surface area contributed by atoms with Gasteiger partial charge in [0, 0.05) is 17.7 Å². The van der Waals surface area contributed by atoms with Crippen LogP contribution in [0.3, 0.4) is 0 Å². The number of aryl methyl sites for hydroxylation is 1. The van der Waals surface area contributed by atoms with Crippen LogP contribution in [-0.2, 0) is 16.0 Å². The number of anilines is 1. The molecule has 2 rings (SSSR count). The van der Waals surface area contributed by atoms with Crippen molar-refractivity contribution >= 4 is 23.3 Å². The predicted octanol–water partition coefficient (Wildman–Crippen LogP) is 2.59. The molecule has 0 aromatic heterocycles. The van der Waals surface area contributed by atoms with Crippen LogP contribution >= 0.6 is 0 Å². The van der Waals surface area contributed by atoms with Gasteiger partial charge in [0.2, 0.25) is 11.8 Å². The number of nitrogens with one attached hydrogen (secondary N) is 2. The molecule has 2 N–H and O–H groups in total. The lowest BCUT2D eigenvalue weighted by atomic mass is 10.1. The maximum Gasteiger partial charge on any atom is 0.243 e. The highest BCUT2D eigenvalue weighted by Crippen LogP contribution is 2.27. The summed E-state index contributed by atoms with van der Waals surface area (Å²) in [6.07, 6.45) is 0.747. The van der Waals surface area contributed by atoms with Crippen LogP contribution in [0.1, 0.15) is 29.3 Å². The molecule has 0 fully saturated rings. The van der Waals surface area contributed by atoms with Gasteiger partial charge in [0.25, 0.3) is 0 Å². The molecule has 0 aliphatic carbocycles. The number of carbonyl (C=O) groups is 3. The van der Waals surface area contributed by atoms with Crippen molar-refractivity contribution in [1.29, 1.82) is 0 Å². The monoisotopic (exact) mass is 384 g/mol. The molecule has 0 spiro atoms. The fourth-order valence-electron chi connectivity index (χ4n) is 2.58. The van der Waals surface area contributed by atoms with E-state index >= 15 is 0 Å². The second-order valence-electron chi connectivity index (χ2n) is 6.15. The second kappa shape index (κ2) is 10.1. The lowest BCUT2D eigenvalue weighted by molar-refractivity contribution is -0.124. The topological polar surface area (TPSA) is 93.7 Å². The van der Waals surface area contributed by atoms with Gasteiger partial charge in [0.05, 0.1) is 20.8 Å². The molecule has 0 aliphatic heterocycles. The molecule has 148 valence electrons. The highest BCUT2D eigenvalue weighted by atomic mass is 16.5. The Labute approximate surface area is 164 Å². The van der Waals surface area contributed by atoms with Crippen LogP contribution in [-0.4, -0.2) is 38.4 Å². The van der Waals surface area contributed by atoms with Gasteiger partial charge in [-0.05, 0) is 43.2 Å². The molecule has 2 aromatic rings. The molecule has 2 aromatic carbocycles. The maximum atomic E-state index is 12.0. The number of benzene rings is 2. The number of amides is 2. The smallest absolute Gasteiger partial charge is 0.243 e. The summed E-state index contributed by atoms with van der Waals surface area (Å²) in [7, 11) is 3.12. The van der Waals surface area contributed by atoms with Crippen LogP contribution in [0.5, 0.6) is 11.5 Å². The highest BCUT2D eigenvalue weighted by Gasteiger charge is 2.09. The third-order valence-corrected chi connectivity index (χ3v) is 4.09. The van der Waals surface area contributed by atoms with Crippen LogP contribution in [0.2, 0.25) is 0 Å². The summed E-state index contributed by atoms with van der Waals surface area (Å²) in [4.78, 5) is 35.4. The van der Waals surface area contributed by atoms with Crippen molar-refractivity contribution in [2.45, 2.75) is 19.8 Å². The summed E-state index contributed by atoms with van der Waals surface area (Å²) in [5.74, 6) is 0.552. The molecule has 28 heavy (non-hydrogen) atoms. The fourth-order valence-corrected chi connectivity index (χ4v) is 2.58. The first kappa shape index (κ1) is 21.0. The van der Waals surface area contributed by atoms with E-state index in [1.54, 1.807) is 44.6 Å². The van der Waals surface area contributed by atoms with Crippen LogP contribution in [0.4, 0.5) is 5.69 Å². The van der Waals surface area contributed by atoms with Crippen LogP contribution in [0, 0.1) is 0 Å². The molecule has 0 atom stereocenters. The summed E-state index contributed by atoms with van der Waals surface area (Å²) >= 11 is 0. The SMILES string of the molecule is COc1ccc(CCC(=O)NCC(=O)Nc2cccc(C(C)=O)c2)cc1OC. The lowest BCUT2D eigenvalue weighted by Crippen LogP contribution is -2.33. The number of ether oxygens (including phenoxy) is 2. The maximum absolute atomic E-state index is 12.0.